The number of hydrogen-bond donors (Lipinski definition) is 5. The van der Waals surface area contributed by atoms with E-state index in [2.05, 4.69) is 17.3 Å². The maximum absolute atomic E-state index is 9.99. The van der Waals surface area contributed by atoms with Crippen molar-refractivity contribution in [2.75, 3.05) is 19.7 Å². The van der Waals surface area contributed by atoms with Gasteiger partial charge in [0.15, 0.2) is 0 Å². The minimum Gasteiger partial charge on any atom is -0.507 e. The van der Waals surface area contributed by atoms with Crippen LogP contribution in [0.25, 0.3) is 11.3 Å². The third-order valence-corrected chi connectivity index (χ3v) is 4.65. The summed E-state index contributed by atoms with van der Waals surface area (Å²) in [6.45, 7) is 8.37. The van der Waals surface area contributed by atoms with Gasteiger partial charge in [0, 0.05) is 41.7 Å². The molecule has 3 rings (SSSR count). The number of phenols is 1. The Balaban J connectivity index is 0.00000145. The number of rotatable bonds is 5. The van der Waals surface area contributed by atoms with Gasteiger partial charge in [-0.3, -0.25) is 4.68 Å². The Bertz CT molecular complexity index is 848. The van der Waals surface area contributed by atoms with E-state index in [0.29, 0.717) is 23.4 Å². The van der Waals surface area contributed by atoms with Gasteiger partial charge < -0.3 is 32.4 Å². The van der Waals surface area contributed by atoms with E-state index < -0.39 is 0 Å². The fourth-order valence-corrected chi connectivity index (χ4v) is 3.05. The third-order valence-electron chi connectivity index (χ3n) is 4.65. The molecule has 8 N–H and O–H groups in total. The first-order valence-corrected chi connectivity index (χ1v) is 9.85. The van der Waals surface area contributed by atoms with Crippen LogP contribution in [0.5, 0.6) is 5.75 Å². The summed E-state index contributed by atoms with van der Waals surface area (Å²) in [5.41, 5.74) is 20.1. The number of hydrogen-bond acceptors (Lipinski definition) is 7. The number of allylic oxidation sites excluding steroid dienone is 2. The molecule has 0 radical (unpaired) electrons. The van der Waals surface area contributed by atoms with E-state index in [0.717, 1.165) is 18.7 Å². The van der Waals surface area contributed by atoms with Crippen LogP contribution in [-0.2, 0) is 4.74 Å². The number of phenolic OH excluding ortho intramolecular Hbond substituents is 1. The molecule has 2 unspecified atom stereocenters. The first kappa shape index (κ1) is 22.3. The molecular formula is C21H32N6O2. The van der Waals surface area contributed by atoms with E-state index in [1.54, 1.807) is 36.5 Å². The van der Waals surface area contributed by atoms with Gasteiger partial charge in [0.2, 0.25) is 0 Å². The largest absolute Gasteiger partial charge is 0.507 e. The van der Waals surface area contributed by atoms with Crippen LogP contribution in [0.4, 0.5) is 0 Å². The summed E-state index contributed by atoms with van der Waals surface area (Å²) >= 11 is 0. The first-order chi connectivity index (χ1) is 14.0. The molecule has 1 aliphatic rings. The zero-order chi connectivity index (χ0) is 21.4. The quantitative estimate of drug-likeness (QED) is 0.482. The minimum atomic E-state index is 0.0380. The summed E-state index contributed by atoms with van der Waals surface area (Å²) in [5, 5.41) is 17.7. The van der Waals surface area contributed by atoms with Crippen molar-refractivity contribution in [3.8, 4) is 5.75 Å². The molecule has 2 atom stereocenters. The fourth-order valence-electron chi connectivity index (χ4n) is 3.05. The molecule has 2 aromatic rings. The predicted molar refractivity (Wildman–Crippen MR) is 116 cm³/mol. The fraction of sp³-hybridized carbons (Fsp3) is 0.381. The molecule has 0 amide bonds. The second-order valence-electron chi connectivity index (χ2n) is 6.55. The van der Waals surface area contributed by atoms with Crippen LogP contribution in [0.2, 0.25) is 0 Å². The first-order valence-electron chi connectivity index (χ1n) is 9.85. The lowest BCUT2D eigenvalue weighted by molar-refractivity contribution is -0.00320. The highest BCUT2D eigenvalue weighted by Crippen LogP contribution is 2.26. The Morgan fingerprint density at radius 3 is 2.66 bits per heavy atom. The highest BCUT2D eigenvalue weighted by molar-refractivity contribution is 5.84. The van der Waals surface area contributed by atoms with Crippen LogP contribution in [0.1, 0.15) is 37.9 Å². The van der Waals surface area contributed by atoms with E-state index >= 15 is 0 Å². The molecule has 1 saturated heterocycles. The number of ether oxygens (including phenoxy) is 1. The van der Waals surface area contributed by atoms with Crippen LogP contribution in [-0.4, -0.2) is 40.7 Å². The van der Waals surface area contributed by atoms with Gasteiger partial charge in [0.05, 0.1) is 24.9 Å². The lowest BCUT2D eigenvalue weighted by Gasteiger charge is -2.28. The van der Waals surface area contributed by atoms with E-state index in [1.807, 2.05) is 24.7 Å². The Labute approximate surface area is 172 Å². The van der Waals surface area contributed by atoms with Crippen LogP contribution in [0, 0.1) is 0 Å². The van der Waals surface area contributed by atoms with Gasteiger partial charge in [0.25, 0.3) is 0 Å². The normalized spacial score (nSPS) is 17.8. The molecular weight excluding hydrogens is 368 g/mol. The average molecular weight is 401 g/mol. The number of nitrogens with two attached hydrogens (primary N) is 3. The van der Waals surface area contributed by atoms with Crippen molar-refractivity contribution in [1.29, 1.82) is 0 Å². The van der Waals surface area contributed by atoms with Gasteiger partial charge in [-0.05, 0) is 25.1 Å². The zero-order valence-electron chi connectivity index (χ0n) is 17.3. The van der Waals surface area contributed by atoms with Crippen LogP contribution < -0.4 is 22.5 Å². The van der Waals surface area contributed by atoms with Gasteiger partial charge in [-0.2, -0.15) is 5.10 Å². The average Bonchev–Trinajstić information content (AvgIpc) is 3.23. The van der Waals surface area contributed by atoms with Crippen molar-refractivity contribution in [2.24, 2.45) is 17.2 Å². The lowest BCUT2D eigenvalue weighted by atomic mass is 10.0. The summed E-state index contributed by atoms with van der Waals surface area (Å²) in [6, 6.07) is 6.87. The number of morpholine rings is 1. The number of aromatic nitrogens is 2. The molecule has 1 fully saturated rings. The maximum atomic E-state index is 9.99. The summed E-state index contributed by atoms with van der Waals surface area (Å²) in [7, 11) is 0. The molecule has 158 valence electrons. The molecule has 8 nitrogen and oxygen atoms in total. The van der Waals surface area contributed by atoms with E-state index in [9.17, 15) is 5.11 Å². The lowest BCUT2D eigenvalue weighted by Crippen LogP contribution is -2.42. The van der Waals surface area contributed by atoms with Gasteiger partial charge in [-0.1, -0.05) is 26.0 Å². The van der Waals surface area contributed by atoms with Gasteiger partial charge in [-0.15, -0.1) is 0 Å². The van der Waals surface area contributed by atoms with E-state index in [4.69, 9.17) is 21.9 Å². The third kappa shape index (κ3) is 5.52. The van der Waals surface area contributed by atoms with Gasteiger partial charge in [0.1, 0.15) is 11.6 Å². The van der Waals surface area contributed by atoms with Crippen molar-refractivity contribution in [3.63, 3.8) is 0 Å². The Hall–Kier alpha value is -2.97. The second-order valence-corrected chi connectivity index (χ2v) is 6.55. The van der Waals surface area contributed by atoms with Crippen molar-refractivity contribution in [3.05, 3.63) is 59.7 Å². The zero-order valence-corrected chi connectivity index (χ0v) is 17.3. The number of para-hydroxylation sites is 1. The summed E-state index contributed by atoms with van der Waals surface area (Å²) < 4.78 is 7.64. The Morgan fingerprint density at radius 2 is 2.03 bits per heavy atom. The predicted octanol–water partition coefficient (Wildman–Crippen LogP) is 1.75. The standard InChI is InChI=1S/C19H26N6O2.C2H6/c1-12(18-10-23-6-7-27-18)25-11-13(9-24-25)15(19(21)22)8-16(20)14-4-2-3-5-17(14)26;1-2/h2-5,8-9,11-12,18,23,26H,6-7,10,20-22H2,1H3;1-2H3/b16-8-;. The Morgan fingerprint density at radius 1 is 1.31 bits per heavy atom. The molecule has 1 aromatic heterocycles. The molecule has 0 bridgehead atoms. The van der Waals surface area contributed by atoms with Crippen LogP contribution in [0.15, 0.2) is 48.6 Å². The molecule has 0 saturated carbocycles. The van der Waals surface area contributed by atoms with Crippen molar-refractivity contribution < 1.29 is 9.84 Å². The highest BCUT2D eigenvalue weighted by atomic mass is 16.5. The minimum absolute atomic E-state index is 0.0380. The van der Waals surface area contributed by atoms with Crippen LogP contribution >= 0.6 is 0 Å². The molecule has 0 spiro atoms. The smallest absolute Gasteiger partial charge is 0.124 e. The SMILES string of the molecule is CC.CC(C1CNCCO1)n1cc(C(/C=C(\N)c2ccccc2O)=C(N)N)cn1. The van der Waals surface area contributed by atoms with E-state index in [1.165, 1.54) is 0 Å². The van der Waals surface area contributed by atoms with Crippen molar-refractivity contribution in [1.82, 2.24) is 15.1 Å². The topological polar surface area (TPSA) is 137 Å². The van der Waals surface area contributed by atoms with Crippen LogP contribution in [0.3, 0.4) is 0 Å². The summed E-state index contributed by atoms with van der Waals surface area (Å²) in [5.74, 6) is 0.212. The monoisotopic (exact) mass is 400 g/mol. The molecule has 1 aromatic carbocycles. The number of nitrogens with one attached hydrogen (secondary N) is 1. The van der Waals surface area contributed by atoms with Crippen molar-refractivity contribution >= 4 is 11.3 Å². The molecule has 1 aliphatic heterocycles. The second kappa shape index (κ2) is 10.5. The molecule has 29 heavy (non-hydrogen) atoms. The van der Waals surface area contributed by atoms with Crippen molar-refractivity contribution in [2.45, 2.75) is 32.9 Å². The maximum Gasteiger partial charge on any atom is 0.124 e. The highest BCUT2D eigenvalue weighted by Gasteiger charge is 2.23. The molecule has 8 heteroatoms. The summed E-state index contributed by atoms with van der Waals surface area (Å²) in [6.07, 6.45) is 5.24. The summed E-state index contributed by atoms with van der Waals surface area (Å²) in [4.78, 5) is 0. The Kier molecular flexibility index (Phi) is 8.11. The molecule has 0 aliphatic carbocycles. The number of nitrogens with zero attached hydrogens (tertiary/aromatic N) is 2. The van der Waals surface area contributed by atoms with Gasteiger partial charge in [-0.25, -0.2) is 0 Å². The van der Waals surface area contributed by atoms with Gasteiger partial charge >= 0.3 is 0 Å². The number of benzene rings is 1. The molecule has 2 heterocycles. The van der Waals surface area contributed by atoms with E-state index in [-0.39, 0.29) is 23.7 Å². The number of aromatic hydroxyl groups is 1.